The number of nitrogens with one attached hydrogen (secondary N) is 1. The van der Waals surface area contributed by atoms with Crippen molar-refractivity contribution in [2.24, 2.45) is 17.0 Å². The molecular formula is C14H21N3O4S. The highest BCUT2D eigenvalue weighted by Gasteiger charge is 2.29. The van der Waals surface area contributed by atoms with Crippen molar-refractivity contribution in [2.45, 2.75) is 44.0 Å². The lowest BCUT2D eigenvalue weighted by Gasteiger charge is -2.35. The summed E-state index contributed by atoms with van der Waals surface area (Å²) >= 11 is 0. The smallest absolute Gasteiger partial charge is 0.293 e. The van der Waals surface area contributed by atoms with Crippen LogP contribution in [0.1, 0.15) is 33.1 Å². The zero-order valence-corrected chi connectivity index (χ0v) is 13.5. The van der Waals surface area contributed by atoms with E-state index in [1.54, 1.807) is 0 Å². The second-order valence-corrected chi connectivity index (χ2v) is 7.56. The van der Waals surface area contributed by atoms with E-state index in [2.05, 4.69) is 19.2 Å². The monoisotopic (exact) mass is 327 g/mol. The summed E-state index contributed by atoms with van der Waals surface area (Å²) in [5, 5.41) is 19.5. The molecule has 2 rings (SSSR count). The molecule has 0 spiro atoms. The fraction of sp³-hybridized carbons (Fsp3) is 0.571. The van der Waals surface area contributed by atoms with Crippen LogP contribution in [0.15, 0.2) is 23.1 Å². The molecule has 3 atom stereocenters. The van der Waals surface area contributed by atoms with Gasteiger partial charge in [-0.05, 0) is 30.4 Å². The largest absolute Gasteiger partial charge is 0.376 e. The van der Waals surface area contributed by atoms with Gasteiger partial charge in [-0.15, -0.1) is 0 Å². The molecule has 122 valence electrons. The van der Waals surface area contributed by atoms with E-state index in [4.69, 9.17) is 5.14 Å². The summed E-state index contributed by atoms with van der Waals surface area (Å²) in [7, 11) is -3.96. The van der Waals surface area contributed by atoms with Gasteiger partial charge in [0.1, 0.15) is 5.69 Å². The molecule has 7 nitrogen and oxygen atoms in total. The molecule has 0 radical (unpaired) electrons. The number of nitrogens with two attached hydrogens (primary N) is 1. The van der Waals surface area contributed by atoms with Crippen molar-refractivity contribution in [2.75, 3.05) is 5.32 Å². The average Bonchev–Trinajstić information content (AvgIpc) is 2.43. The van der Waals surface area contributed by atoms with Gasteiger partial charge in [-0.3, -0.25) is 10.1 Å². The molecule has 22 heavy (non-hydrogen) atoms. The van der Waals surface area contributed by atoms with Gasteiger partial charge < -0.3 is 5.32 Å². The molecule has 1 saturated carbocycles. The van der Waals surface area contributed by atoms with Gasteiger partial charge in [0.25, 0.3) is 5.69 Å². The fourth-order valence-corrected chi connectivity index (χ4v) is 3.48. The van der Waals surface area contributed by atoms with E-state index < -0.39 is 14.9 Å². The lowest BCUT2D eigenvalue weighted by atomic mass is 9.78. The van der Waals surface area contributed by atoms with E-state index in [9.17, 15) is 18.5 Å². The van der Waals surface area contributed by atoms with Crippen LogP contribution in [0.2, 0.25) is 0 Å². The van der Waals surface area contributed by atoms with Gasteiger partial charge in [0.05, 0.1) is 9.82 Å². The molecule has 0 heterocycles. The van der Waals surface area contributed by atoms with E-state index in [1.165, 1.54) is 12.1 Å². The van der Waals surface area contributed by atoms with Crippen LogP contribution >= 0.6 is 0 Å². The Balaban J connectivity index is 2.33. The third-order valence-corrected chi connectivity index (χ3v) is 5.45. The Hall–Kier alpha value is -1.67. The molecule has 0 saturated heterocycles. The Morgan fingerprint density at radius 1 is 1.32 bits per heavy atom. The molecule has 1 aromatic carbocycles. The maximum absolute atomic E-state index is 11.3. The molecule has 1 aliphatic rings. The van der Waals surface area contributed by atoms with Gasteiger partial charge in [0.15, 0.2) is 0 Å². The van der Waals surface area contributed by atoms with Crippen molar-refractivity contribution in [3.63, 3.8) is 0 Å². The number of nitrogens with zero attached hydrogens (tertiary/aromatic N) is 1. The van der Waals surface area contributed by atoms with Gasteiger partial charge in [-0.25, -0.2) is 13.6 Å². The zero-order valence-electron chi connectivity index (χ0n) is 12.7. The van der Waals surface area contributed by atoms with Crippen LogP contribution in [0, 0.1) is 22.0 Å². The Labute approximate surface area is 130 Å². The van der Waals surface area contributed by atoms with Crippen molar-refractivity contribution < 1.29 is 13.3 Å². The van der Waals surface area contributed by atoms with Crippen LogP contribution in [0.5, 0.6) is 0 Å². The van der Waals surface area contributed by atoms with Crippen molar-refractivity contribution in [3.05, 3.63) is 28.3 Å². The standard InChI is InChI=1S/C14H21N3O4S/c1-9-4-3-5-12(10(9)2)16-13-7-6-11(22(15,20)21)8-14(13)17(18)19/h6-10,12,16H,3-5H2,1-2H3,(H2,15,20,21)/t9-,10+,12-/m0/s1. The number of benzene rings is 1. The molecule has 8 heteroatoms. The minimum atomic E-state index is -3.96. The van der Waals surface area contributed by atoms with E-state index in [-0.39, 0.29) is 16.6 Å². The van der Waals surface area contributed by atoms with Crippen molar-refractivity contribution in [3.8, 4) is 0 Å². The van der Waals surface area contributed by atoms with Crippen molar-refractivity contribution in [1.29, 1.82) is 0 Å². The summed E-state index contributed by atoms with van der Waals surface area (Å²) in [5.74, 6) is 0.945. The Morgan fingerprint density at radius 2 is 2.00 bits per heavy atom. The molecule has 3 N–H and O–H groups in total. The first-order valence-corrected chi connectivity index (χ1v) is 8.82. The molecular weight excluding hydrogens is 306 g/mol. The van der Waals surface area contributed by atoms with E-state index in [0.717, 1.165) is 25.3 Å². The van der Waals surface area contributed by atoms with Crippen LogP contribution in [-0.4, -0.2) is 19.4 Å². The Morgan fingerprint density at radius 3 is 2.59 bits per heavy atom. The first-order valence-electron chi connectivity index (χ1n) is 7.28. The molecule has 0 aromatic heterocycles. The predicted molar refractivity (Wildman–Crippen MR) is 84.1 cm³/mol. The zero-order chi connectivity index (χ0) is 16.5. The van der Waals surface area contributed by atoms with Crippen molar-refractivity contribution >= 4 is 21.4 Å². The molecule has 0 amide bonds. The normalized spacial score (nSPS) is 25.7. The van der Waals surface area contributed by atoms with Gasteiger partial charge in [-0.2, -0.15) is 0 Å². The first-order chi connectivity index (χ1) is 10.2. The summed E-state index contributed by atoms with van der Waals surface area (Å²) in [6.07, 6.45) is 3.18. The quantitative estimate of drug-likeness (QED) is 0.651. The molecule has 0 bridgehead atoms. The highest BCUT2D eigenvalue weighted by Crippen LogP contribution is 2.34. The number of anilines is 1. The first kappa shape index (κ1) is 16.7. The molecule has 1 aromatic rings. The average molecular weight is 327 g/mol. The van der Waals surface area contributed by atoms with E-state index in [0.29, 0.717) is 17.5 Å². The summed E-state index contributed by atoms with van der Waals surface area (Å²) in [5.41, 5.74) is 0.0697. The van der Waals surface area contributed by atoms with Gasteiger partial charge in [0, 0.05) is 12.1 Å². The summed E-state index contributed by atoms with van der Waals surface area (Å²) < 4.78 is 22.7. The SMILES string of the molecule is C[C@H]1[C@@H](Nc2ccc(S(N)(=O)=O)cc2[N+](=O)[O-])CCC[C@@H]1C. The predicted octanol–water partition coefficient (Wildman–Crippen LogP) is 2.48. The minimum absolute atomic E-state index is 0.141. The fourth-order valence-electron chi connectivity index (χ4n) is 2.95. The molecule has 0 aliphatic heterocycles. The Kier molecular flexibility index (Phi) is 4.72. The highest BCUT2D eigenvalue weighted by molar-refractivity contribution is 7.89. The number of rotatable bonds is 4. The van der Waals surface area contributed by atoms with Crippen LogP contribution in [0.4, 0.5) is 11.4 Å². The second kappa shape index (κ2) is 6.21. The third-order valence-electron chi connectivity index (χ3n) is 4.54. The number of primary sulfonamides is 1. The summed E-state index contributed by atoms with van der Waals surface area (Å²) in [6.45, 7) is 4.31. The summed E-state index contributed by atoms with van der Waals surface area (Å²) in [6, 6.07) is 3.86. The number of hydrogen-bond donors (Lipinski definition) is 2. The number of sulfonamides is 1. The van der Waals surface area contributed by atoms with Crippen LogP contribution in [-0.2, 0) is 10.0 Å². The number of hydrogen-bond acceptors (Lipinski definition) is 5. The lowest BCUT2D eigenvalue weighted by Crippen LogP contribution is -2.35. The Bertz CT molecular complexity index is 675. The van der Waals surface area contributed by atoms with Crippen LogP contribution in [0.25, 0.3) is 0 Å². The minimum Gasteiger partial charge on any atom is -0.376 e. The van der Waals surface area contributed by atoms with Gasteiger partial charge in [-0.1, -0.05) is 26.7 Å². The lowest BCUT2D eigenvalue weighted by molar-refractivity contribution is -0.384. The van der Waals surface area contributed by atoms with Crippen LogP contribution in [0.3, 0.4) is 0 Å². The number of nitro benzene ring substituents is 1. The van der Waals surface area contributed by atoms with Gasteiger partial charge in [0.2, 0.25) is 10.0 Å². The van der Waals surface area contributed by atoms with Crippen LogP contribution < -0.4 is 10.5 Å². The maximum atomic E-state index is 11.3. The maximum Gasteiger partial charge on any atom is 0.293 e. The van der Waals surface area contributed by atoms with Crippen molar-refractivity contribution in [1.82, 2.24) is 0 Å². The van der Waals surface area contributed by atoms with Gasteiger partial charge >= 0.3 is 0 Å². The molecule has 1 fully saturated rings. The van der Waals surface area contributed by atoms with E-state index >= 15 is 0 Å². The highest BCUT2D eigenvalue weighted by atomic mass is 32.2. The molecule has 1 aliphatic carbocycles. The van der Waals surface area contributed by atoms with E-state index in [1.807, 2.05) is 0 Å². The topological polar surface area (TPSA) is 115 Å². The number of nitro groups is 1. The third kappa shape index (κ3) is 3.56. The second-order valence-electron chi connectivity index (χ2n) is 6.00. The summed E-state index contributed by atoms with van der Waals surface area (Å²) in [4.78, 5) is 10.4. The molecule has 0 unspecified atom stereocenters.